The van der Waals surface area contributed by atoms with Gasteiger partial charge in [0.1, 0.15) is 0 Å². The lowest BCUT2D eigenvalue weighted by molar-refractivity contribution is -0.121. The Kier molecular flexibility index (Phi) is 8.49. The number of amides is 1. The fourth-order valence-corrected chi connectivity index (χ4v) is 2.46. The standard InChI is InChI=1S/C9H19ClN2O4S/c1-12(17(14,15)7-4-10)8-9(13)11-5-3-6-16-2/h3-8H2,1-2H3,(H,11,13). The second kappa shape index (κ2) is 8.68. The molecule has 17 heavy (non-hydrogen) atoms. The van der Waals surface area contributed by atoms with Gasteiger partial charge in [-0.1, -0.05) is 0 Å². The molecule has 0 heterocycles. The van der Waals surface area contributed by atoms with Crippen LogP contribution < -0.4 is 5.32 Å². The summed E-state index contributed by atoms with van der Waals surface area (Å²) >= 11 is 5.36. The van der Waals surface area contributed by atoms with E-state index in [-0.39, 0.29) is 24.1 Å². The summed E-state index contributed by atoms with van der Waals surface area (Å²) in [6, 6.07) is 0. The van der Waals surface area contributed by atoms with E-state index >= 15 is 0 Å². The molecule has 0 aromatic carbocycles. The lowest BCUT2D eigenvalue weighted by atomic mass is 10.4. The number of nitrogens with zero attached hydrogens (tertiary/aromatic N) is 1. The van der Waals surface area contributed by atoms with E-state index in [0.29, 0.717) is 19.6 Å². The van der Waals surface area contributed by atoms with Crippen LogP contribution in [-0.4, -0.2) is 64.1 Å². The number of sulfonamides is 1. The first-order valence-electron chi connectivity index (χ1n) is 5.19. The van der Waals surface area contributed by atoms with E-state index in [1.54, 1.807) is 7.11 Å². The first kappa shape index (κ1) is 16.6. The van der Waals surface area contributed by atoms with Crippen LogP contribution in [0, 0.1) is 0 Å². The molecule has 0 radical (unpaired) electrons. The number of carbonyl (C=O) groups excluding carboxylic acids is 1. The fourth-order valence-electron chi connectivity index (χ4n) is 1.05. The van der Waals surface area contributed by atoms with Crippen molar-refractivity contribution in [1.82, 2.24) is 9.62 Å². The van der Waals surface area contributed by atoms with Crippen LogP contribution in [0.25, 0.3) is 0 Å². The average Bonchev–Trinajstić information content (AvgIpc) is 2.24. The van der Waals surface area contributed by atoms with Gasteiger partial charge in [-0.25, -0.2) is 8.42 Å². The highest BCUT2D eigenvalue weighted by Crippen LogP contribution is 1.98. The molecule has 1 N–H and O–H groups in total. The summed E-state index contributed by atoms with van der Waals surface area (Å²) in [5, 5.41) is 2.60. The van der Waals surface area contributed by atoms with Crippen LogP contribution in [0.1, 0.15) is 6.42 Å². The predicted octanol–water partition coefficient (Wildman–Crippen LogP) is -0.360. The highest BCUT2D eigenvalue weighted by atomic mass is 35.5. The summed E-state index contributed by atoms with van der Waals surface area (Å²) in [5.41, 5.74) is 0. The second-order valence-electron chi connectivity index (χ2n) is 3.46. The molecule has 6 nitrogen and oxygen atoms in total. The Morgan fingerprint density at radius 1 is 1.47 bits per heavy atom. The number of carbonyl (C=O) groups is 1. The SMILES string of the molecule is COCCCNC(=O)CN(C)S(=O)(=O)CCCl. The molecule has 0 atom stereocenters. The summed E-state index contributed by atoms with van der Waals surface area (Å²) in [5.74, 6) is -0.480. The number of nitrogens with one attached hydrogen (secondary N) is 1. The van der Waals surface area contributed by atoms with Crippen LogP contribution in [0.4, 0.5) is 0 Å². The number of methoxy groups -OCH3 is 1. The summed E-state index contributed by atoms with van der Waals surface area (Å²) in [7, 11) is -0.489. The minimum absolute atomic E-state index is 0.0160. The number of hydrogen-bond acceptors (Lipinski definition) is 4. The number of halogens is 1. The lowest BCUT2D eigenvalue weighted by Gasteiger charge is -2.15. The summed E-state index contributed by atoms with van der Waals surface area (Å²) in [6.45, 7) is 0.836. The third-order valence-corrected chi connectivity index (χ3v) is 4.24. The van der Waals surface area contributed by atoms with Gasteiger partial charge in [-0.2, -0.15) is 4.31 Å². The third kappa shape index (κ3) is 7.54. The van der Waals surface area contributed by atoms with Gasteiger partial charge in [0, 0.05) is 33.2 Å². The molecule has 1 amide bonds. The predicted molar refractivity (Wildman–Crippen MR) is 66.6 cm³/mol. The van der Waals surface area contributed by atoms with Crippen molar-refractivity contribution in [3.63, 3.8) is 0 Å². The molecule has 102 valence electrons. The number of likely N-dealkylation sites (N-methyl/N-ethyl adjacent to an activating group) is 1. The Hall–Kier alpha value is -0.370. The van der Waals surface area contributed by atoms with Crippen molar-refractivity contribution >= 4 is 27.5 Å². The van der Waals surface area contributed by atoms with Crippen molar-refractivity contribution in [2.24, 2.45) is 0 Å². The molecular weight excluding hydrogens is 268 g/mol. The monoisotopic (exact) mass is 286 g/mol. The Bertz CT molecular complexity index is 321. The highest BCUT2D eigenvalue weighted by molar-refractivity contribution is 7.89. The number of alkyl halides is 1. The molecule has 0 fully saturated rings. The summed E-state index contributed by atoms with van der Waals surface area (Å²) in [4.78, 5) is 11.4. The first-order valence-corrected chi connectivity index (χ1v) is 7.34. The summed E-state index contributed by atoms with van der Waals surface area (Å²) < 4.78 is 28.8. The molecule has 0 aliphatic heterocycles. The van der Waals surface area contributed by atoms with Crippen molar-refractivity contribution in [3.05, 3.63) is 0 Å². The van der Waals surface area contributed by atoms with Crippen molar-refractivity contribution in [2.75, 3.05) is 45.5 Å². The van der Waals surface area contributed by atoms with Gasteiger partial charge in [0.25, 0.3) is 0 Å². The zero-order valence-electron chi connectivity index (χ0n) is 10.1. The number of hydrogen-bond donors (Lipinski definition) is 1. The number of rotatable bonds is 9. The highest BCUT2D eigenvalue weighted by Gasteiger charge is 2.19. The van der Waals surface area contributed by atoms with Crippen LogP contribution in [0.5, 0.6) is 0 Å². The van der Waals surface area contributed by atoms with Gasteiger partial charge in [0.15, 0.2) is 0 Å². The molecule has 0 bridgehead atoms. The molecule has 0 unspecified atom stereocenters. The van der Waals surface area contributed by atoms with E-state index in [4.69, 9.17) is 16.3 Å². The first-order chi connectivity index (χ1) is 7.94. The van der Waals surface area contributed by atoms with Crippen LogP contribution in [0.2, 0.25) is 0 Å². The molecule has 0 saturated carbocycles. The molecule has 0 saturated heterocycles. The van der Waals surface area contributed by atoms with Crippen LogP contribution in [-0.2, 0) is 19.6 Å². The molecule has 0 rings (SSSR count). The Balaban J connectivity index is 3.95. The third-order valence-electron chi connectivity index (χ3n) is 2.02. The minimum Gasteiger partial charge on any atom is -0.385 e. The van der Waals surface area contributed by atoms with Gasteiger partial charge in [-0.3, -0.25) is 4.79 Å². The molecule has 0 spiro atoms. The van der Waals surface area contributed by atoms with Gasteiger partial charge in [-0.15, -0.1) is 11.6 Å². The van der Waals surface area contributed by atoms with Crippen LogP contribution in [0.15, 0.2) is 0 Å². The van der Waals surface area contributed by atoms with Gasteiger partial charge in [-0.05, 0) is 6.42 Å². The minimum atomic E-state index is -3.42. The molecule has 0 aliphatic rings. The topological polar surface area (TPSA) is 75.7 Å². The average molecular weight is 287 g/mol. The van der Waals surface area contributed by atoms with Gasteiger partial charge in [0.05, 0.1) is 12.3 Å². The van der Waals surface area contributed by atoms with E-state index in [9.17, 15) is 13.2 Å². The maximum Gasteiger partial charge on any atom is 0.235 e. The Labute approximate surface area is 107 Å². The fraction of sp³-hybridized carbons (Fsp3) is 0.889. The molecule has 0 aliphatic carbocycles. The van der Waals surface area contributed by atoms with E-state index in [1.807, 2.05) is 0 Å². The van der Waals surface area contributed by atoms with E-state index in [0.717, 1.165) is 4.31 Å². The number of ether oxygens (including phenoxy) is 1. The largest absolute Gasteiger partial charge is 0.385 e. The quantitative estimate of drug-likeness (QED) is 0.464. The Morgan fingerprint density at radius 2 is 2.12 bits per heavy atom. The molecule has 8 heteroatoms. The zero-order valence-corrected chi connectivity index (χ0v) is 11.7. The van der Waals surface area contributed by atoms with Crippen molar-refractivity contribution in [3.8, 4) is 0 Å². The van der Waals surface area contributed by atoms with Gasteiger partial charge >= 0.3 is 0 Å². The second-order valence-corrected chi connectivity index (χ2v) is 6.03. The smallest absolute Gasteiger partial charge is 0.235 e. The molecule has 0 aromatic heterocycles. The van der Waals surface area contributed by atoms with Gasteiger partial charge < -0.3 is 10.1 Å². The normalized spacial score (nSPS) is 11.8. The van der Waals surface area contributed by atoms with Gasteiger partial charge in [0.2, 0.25) is 15.9 Å². The molecular formula is C9H19ClN2O4S. The summed E-state index contributed by atoms with van der Waals surface area (Å²) in [6.07, 6.45) is 0.695. The van der Waals surface area contributed by atoms with E-state index < -0.39 is 10.0 Å². The maximum absolute atomic E-state index is 11.5. The van der Waals surface area contributed by atoms with E-state index in [1.165, 1.54) is 7.05 Å². The van der Waals surface area contributed by atoms with Crippen molar-refractivity contribution < 1.29 is 17.9 Å². The van der Waals surface area contributed by atoms with Crippen molar-refractivity contribution in [2.45, 2.75) is 6.42 Å². The maximum atomic E-state index is 11.5. The lowest BCUT2D eigenvalue weighted by Crippen LogP contribution is -2.39. The van der Waals surface area contributed by atoms with E-state index in [2.05, 4.69) is 5.32 Å². The Morgan fingerprint density at radius 3 is 2.65 bits per heavy atom. The van der Waals surface area contributed by atoms with Crippen LogP contribution in [0.3, 0.4) is 0 Å². The zero-order chi connectivity index (χ0) is 13.3. The van der Waals surface area contributed by atoms with Crippen molar-refractivity contribution in [1.29, 1.82) is 0 Å². The molecule has 0 aromatic rings. The van der Waals surface area contributed by atoms with Crippen LogP contribution >= 0.6 is 11.6 Å².